The Kier molecular flexibility index (Phi) is 5.30. The Bertz CT molecular complexity index is 718. The normalized spacial score (nSPS) is 11.6. The summed E-state index contributed by atoms with van der Waals surface area (Å²) in [6.45, 7) is 0.115. The molecule has 2 aromatic rings. The molecule has 0 spiro atoms. The fraction of sp³-hybridized carbons (Fsp3) is 0.0769. The molecule has 0 amide bonds. The van der Waals surface area contributed by atoms with Crippen LogP contribution < -0.4 is 4.72 Å². The van der Waals surface area contributed by atoms with Crippen LogP contribution in [-0.4, -0.2) is 8.42 Å². The van der Waals surface area contributed by atoms with E-state index >= 15 is 0 Å². The van der Waals surface area contributed by atoms with Crippen molar-refractivity contribution < 1.29 is 8.42 Å². The maximum absolute atomic E-state index is 12.1. The number of benzene rings is 2. The second-order valence-corrected chi connectivity index (χ2v) is 7.87. The Hall–Kier alpha value is -0.340. The maximum Gasteiger partial charge on any atom is 0.240 e. The first-order chi connectivity index (χ1) is 9.38. The zero-order valence-corrected chi connectivity index (χ0v) is 14.6. The summed E-state index contributed by atoms with van der Waals surface area (Å²) in [5, 5.41) is 0.946. The first-order valence-corrected chi connectivity index (χ1v) is 8.89. The molecule has 0 aliphatic heterocycles. The second kappa shape index (κ2) is 6.62. The lowest BCUT2D eigenvalue weighted by Gasteiger charge is -2.08. The Morgan fingerprint density at radius 3 is 2.30 bits per heavy atom. The standard InChI is InChI=1S/C13H10Cl2INO2S/c14-10-2-1-9(13(15)7-10)8-17-20(18,19)12-5-3-11(16)4-6-12/h1-7,17H,8H2. The van der Waals surface area contributed by atoms with Crippen molar-refractivity contribution in [3.63, 3.8) is 0 Å². The first kappa shape index (κ1) is 16.0. The summed E-state index contributed by atoms with van der Waals surface area (Å²) in [5.41, 5.74) is 0.671. The molecule has 1 N–H and O–H groups in total. The molecule has 0 unspecified atom stereocenters. The van der Waals surface area contributed by atoms with Crippen molar-refractivity contribution in [2.45, 2.75) is 11.4 Å². The van der Waals surface area contributed by atoms with Crippen LogP contribution in [-0.2, 0) is 16.6 Å². The summed E-state index contributed by atoms with van der Waals surface area (Å²) in [7, 11) is -3.55. The molecule has 0 aliphatic carbocycles. The number of halogens is 3. The topological polar surface area (TPSA) is 46.2 Å². The molecule has 7 heteroatoms. The Morgan fingerprint density at radius 2 is 1.70 bits per heavy atom. The fourth-order valence-corrected chi connectivity index (χ4v) is 3.38. The minimum atomic E-state index is -3.55. The highest BCUT2D eigenvalue weighted by atomic mass is 127. The van der Waals surface area contributed by atoms with Gasteiger partial charge in [0.2, 0.25) is 10.0 Å². The third-order valence-corrected chi connectivity index (χ3v) is 5.31. The van der Waals surface area contributed by atoms with Crippen LogP contribution in [0.3, 0.4) is 0 Å². The van der Waals surface area contributed by atoms with E-state index in [0.717, 1.165) is 3.57 Å². The van der Waals surface area contributed by atoms with Crippen molar-refractivity contribution in [3.05, 3.63) is 61.6 Å². The van der Waals surface area contributed by atoms with Gasteiger partial charge in [0.25, 0.3) is 0 Å². The third kappa shape index (κ3) is 4.08. The Labute approximate surface area is 141 Å². The number of hydrogen-bond donors (Lipinski definition) is 1. The van der Waals surface area contributed by atoms with Crippen LogP contribution in [0.2, 0.25) is 10.0 Å². The van der Waals surface area contributed by atoms with Crippen LogP contribution in [0, 0.1) is 3.57 Å². The van der Waals surface area contributed by atoms with E-state index < -0.39 is 10.0 Å². The largest absolute Gasteiger partial charge is 0.240 e. The quantitative estimate of drug-likeness (QED) is 0.726. The van der Waals surface area contributed by atoms with E-state index in [2.05, 4.69) is 27.3 Å². The predicted octanol–water partition coefficient (Wildman–Crippen LogP) is 4.08. The molecule has 0 saturated heterocycles. The van der Waals surface area contributed by atoms with Gasteiger partial charge in [0, 0.05) is 20.2 Å². The summed E-state index contributed by atoms with van der Waals surface area (Å²) in [5.74, 6) is 0. The molecule has 3 nitrogen and oxygen atoms in total. The van der Waals surface area contributed by atoms with Crippen LogP contribution in [0.5, 0.6) is 0 Å². The molecule has 0 fully saturated rings. The average Bonchev–Trinajstić information content (AvgIpc) is 2.38. The Morgan fingerprint density at radius 1 is 1.05 bits per heavy atom. The van der Waals surface area contributed by atoms with Crippen LogP contribution >= 0.6 is 45.8 Å². The van der Waals surface area contributed by atoms with Crippen molar-refractivity contribution in [3.8, 4) is 0 Å². The van der Waals surface area contributed by atoms with E-state index in [0.29, 0.717) is 15.6 Å². The molecule has 0 heterocycles. The molecule has 20 heavy (non-hydrogen) atoms. The van der Waals surface area contributed by atoms with Crippen LogP contribution in [0.15, 0.2) is 47.4 Å². The minimum Gasteiger partial charge on any atom is -0.207 e. The van der Waals surface area contributed by atoms with Gasteiger partial charge in [0.05, 0.1) is 4.90 Å². The SMILES string of the molecule is O=S(=O)(NCc1ccc(Cl)cc1Cl)c1ccc(I)cc1. The van der Waals surface area contributed by atoms with E-state index in [1.807, 2.05) is 0 Å². The van der Waals surface area contributed by atoms with E-state index in [9.17, 15) is 8.42 Å². The van der Waals surface area contributed by atoms with Crippen molar-refractivity contribution in [2.75, 3.05) is 0 Å². The van der Waals surface area contributed by atoms with E-state index in [1.165, 1.54) is 0 Å². The lowest BCUT2D eigenvalue weighted by Crippen LogP contribution is -2.23. The van der Waals surface area contributed by atoms with E-state index in [4.69, 9.17) is 23.2 Å². The van der Waals surface area contributed by atoms with Crippen molar-refractivity contribution in [1.29, 1.82) is 0 Å². The van der Waals surface area contributed by atoms with Gasteiger partial charge in [-0.05, 0) is 64.6 Å². The van der Waals surface area contributed by atoms with Gasteiger partial charge in [-0.25, -0.2) is 13.1 Å². The van der Waals surface area contributed by atoms with E-state index in [1.54, 1.807) is 42.5 Å². The predicted molar refractivity (Wildman–Crippen MR) is 89.6 cm³/mol. The van der Waals surface area contributed by atoms with Gasteiger partial charge in [-0.1, -0.05) is 29.3 Å². The first-order valence-electron chi connectivity index (χ1n) is 5.58. The van der Waals surface area contributed by atoms with Crippen LogP contribution in [0.4, 0.5) is 0 Å². The molecular formula is C13H10Cl2INO2S. The summed E-state index contributed by atoms with van der Waals surface area (Å²) in [4.78, 5) is 0.225. The molecule has 0 saturated carbocycles. The highest BCUT2D eigenvalue weighted by Gasteiger charge is 2.14. The summed E-state index contributed by atoms with van der Waals surface area (Å²) in [6.07, 6.45) is 0. The zero-order valence-electron chi connectivity index (χ0n) is 10.1. The fourth-order valence-electron chi connectivity index (χ4n) is 1.53. The smallest absolute Gasteiger partial charge is 0.207 e. The molecule has 0 bridgehead atoms. The molecule has 0 aliphatic rings. The molecule has 0 atom stereocenters. The van der Waals surface area contributed by atoms with Crippen molar-refractivity contribution in [2.24, 2.45) is 0 Å². The minimum absolute atomic E-state index is 0.115. The van der Waals surface area contributed by atoms with Crippen LogP contribution in [0.25, 0.3) is 0 Å². The number of nitrogens with one attached hydrogen (secondary N) is 1. The van der Waals surface area contributed by atoms with Gasteiger partial charge in [-0.15, -0.1) is 0 Å². The number of hydrogen-bond acceptors (Lipinski definition) is 2. The molecule has 2 aromatic carbocycles. The maximum atomic E-state index is 12.1. The lowest BCUT2D eigenvalue weighted by molar-refractivity contribution is 0.581. The molecule has 106 valence electrons. The van der Waals surface area contributed by atoms with E-state index in [-0.39, 0.29) is 11.4 Å². The van der Waals surface area contributed by atoms with Gasteiger partial charge >= 0.3 is 0 Å². The van der Waals surface area contributed by atoms with Crippen molar-refractivity contribution in [1.82, 2.24) is 4.72 Å². The third-order valence-electron chi connectivity index (χ3n) is 2.59. The second-order valence-electron chi connectivity index (χ2n) is 4.01. The number of sulfonamides is 1. The number of rotatable bonds is 4. The highest BCUT2D eigenvalue weighted by molar-refractivity contribution is 14.1. The summed E-state index contributed by atoms with van der Waals surface area (Å²) < 4.78 is 27.7. The summed E-state index contributed by atoms with van der Waals surface area (Å²) in [6, 6.07) is 11.6. The van der Waals surface area contributed by atoms with Crippen LogP contribution in [0.1, 0.15) is 5.56 Å². The Balaban J connectivity index is 2.15. The monoisotopic (exact) mass is 441 g/mol. The van der Waals surface area contributed by atoms with Gasteiger partial charge in [0.15, 0.2) is 0 Å². The van der Waals surface area contributed by atoms with Crippen molar-refractivity contribution >= 4 is 55.8 Å². The highest BCUT2D eigenvalue weighted by Crippen LogP contribution is 2.21. The molecule has 2 rings (SSSR count). The average molecular weight is 442 g/mol. The zero-order chi connectivity index (χ0) is 14.8. The van der Waals surface area contributed by atoms with Gasteiger partial charge < -0.3 is 0 Å². The molecular weight excluding hydrogens is 432 g/mol. The van der Waals surface area contributed by atoms with Gasteiger partial charge in [-0.3, -0.25) is 0 Å². The lowest BCUT2D eigenvalue weighted by atomic mass is 10.2. The summed E-state index contributed by atoms with van der Waals surface area (Å²) >= 11 is 13.9. The molecule has 0 radical (unpaired) electrons. The van der Waals surface area contributed by atoms with Gasteiger partial charge in [0.1, 0.15) is 0 Å². The van der Waals surface area contributed by atoms with Gasteiger partial charge in [-0.2, -0.15) is 0 Å². The molecule has 0 aromatic heterocycles.